The largest absolute Gasteiger partial charge is 0.460 e. The van der Waals surface area contributed by atoms with Gasteiger partial charge in [0.05, 0.1) is 6.42 Å². The minimum atomic E-state index is -0.538. The molecule has 0 aromatic heterocycles. The van der Waals surface area contributed by atoms with Crippen LogP contribution < -0.4 is 16.4 Å². The highest BCUT2D eigenvalue weighted by Crippen LogP contribution is 2.33. The van der Waals surface area contributed by atoms with E-state index < -0.39 is 5.60 Å². The van der Waals surface area contributed by atoms with Gasteiger partial charge in [-0.2, -0.15) is 0 Å². The summed E-state index contributed by atoms with van der Waals surface area (Å²) >= 11 is 0. The van der Waals surface area contributed by atoms with Crippen LogP contribution in [-0.2, 0) is 14.3 Å². The SMILES string of the molecule is CC(CC(=O)OC(C)(C)C)c1ccc(-c2cccc(NC(=N)N)c2)cc1NC=O. The van der Waals surface area contributed by atoms with Gasteiger partial charge < -0.3 is 21.1 Å². The Morgan fingerprint density at radius 2 is 1.90 bits per heavy atom. The Morgan fingerprint density at radius 3 is 2.52 bits per heavy atom. The first-order chi connectivity index (χ1) is 13.6. The first-order valence-electron chi connectivity index (χ1n) is 9.36. The summed E-state index contributed by atoms with van der Waals surface area (Å²) in [6.07, 6.45) is 0.832. The second-order valence-corrected chi connectivity index (χ2v) is 7.88. The average Bonchev–Trinajstić information content (AvgIpc) is 2.59. The van der Waals surface area contributed by atoms with Crippen LogP contribution in [0, 0.1) is 5.41 Å². The highest BCUT2D eigenvalue weighted by Gasteiger charge is 2.21. The Balaban J connectivity index is 2.29. The van der Waals surface area contributed by atoms with E-state index in [0.29, 0.717) is 17.8 Å². The van der Waals surface area contributed by atoms with Crippen molar-refractivity contribution in [2.45, 2.75) is 45.6 Å². The zero-order valence-electron chi connectivity index (χ0n) is 17.2. The van der Waals surface area contributed by atoms with Gasteiger partial charge in [-0.3, -0.25) is 15.0 Å². The number of carbonyl (C=O) groups is 2. The van der Waals surface area contributed by atoms with Gasteiger partial charge in [-0.25, -0.2) is 0 Å². The lowest BCUT2D eigenvalue weighted by atomic mass is 9.93. The normalized spacial score (nSPS) is 12.0. The first-order valence-corrected chi connectivity index (χ1v) is 9.36. The highest BCUT2D eigenvalue weighted by atomic mass is 16.6. The number of benzene rings is 2. The van der Waals surface area contributed by atoms with E-state index in [0.717, 1.165) is 16.7 Å². The molecule has 1 unspecified atom stereocenters. The number of nitrogens with one attached hydrogen (secondary N) is 3. The molecular formula is C22H28N4O3. The highest BCUT2D eigenvalue weighted by molar-refractivity contribution is 5.90. The van der Waals surface area contributed by atoms with Crippen LogP contribution in [0.15, 0.2) is 42.5 Å². The van der Waals surface area contributed by atoms with E-state index in [9.17, 15) is 9.59 Å². The van der Waals surface area contributed by atoms with Crippen molar-refractivity contribution in [3.05, 3.63) is 48.0 Å². The molecule has 0 aliphatic carbocycles. The summed E-state index contributed by atoms with van der Waals surface area (Å²) < 4.78 is 5.40. The molecule has 0 aliphatic heterocycles. The van der Waals surface area contributed by atoms with E-state index in [2.05, 4.69) is 10.6 Å². The molecule has 2 aromatic rings. The van der Waals surface area contributed by atoms with Crippen LogP contribution in [0.3, 0.4) is 0 Å². The van der Waals surface area contributed by atoms with Crippen molar-refractivity contribution in [2.75, 3.05) is 10.6 Å². The number of ether oxygens (including phenoxy) is 1. The van der Waals surface area contributed by atoms with Crippen LogP contribution in [0.25, 0.3) is 11.1 Å². The standard InChI is InChI=1S/C22H28N4O3/c1-14(10-20(28)29-22(2,3)4)18-9-8-16(12-19(18)25-13-27)15-6-5-7-17(11-15)26-21(23)24/h5-9,11-14H,10H2,1-4H3,(H,25,27)(H4,23,24,26). The summed E-state index contributed by atoms with van der Waals surface area (Å²) in [6, 6.07) is 13.2. The van der Waals surface area contributed by atoms with E-state index in [1.165, 1.54) is 0 Å². The lowest BCUT2D eigenvalue weighted by molar-refractivity contribution is -0.155. The van der Waals surface area contributed by atoms with Crippen LogP contribution in [0.2, 0.25) is 0 Å². The van der Waals surface area contributed by atoms with E-state index in [4.69, 9.17) is 15.9 Å². The van der Waals surface area contributed by atoms with Gasteiger partial charge >= 0.3 is 5.97 Å². The predicted octanol–water partition coefficient (Wildman–Crippen LogP) is 4.06. The molecule has 2 rings (SSSR count). The van der Waals surface area contributed by atoms with E-state index >= 15 is 0 Å². The molecule has 5 N–H and O–H groups in total. The molecule has 0 aliphatic rings. The molecule has 2 aromatic carbocycles. The minimum absolute atomic E-state index is 0.132. The lowest BCUT2D eigenvalue weighted by Crippen LogP contribution is -2.24. The number of anilines is 2. The number of nitrogens with two attached hydrogens (primary N) is 1. The van der Waals surface area contributed by atoms with Gasteiger partial charge in [0.2, 0.25) is 6.41 Å². The Labute approximate surface area is 171 Å². The zero-order chi connectivity index (χ0) is 21.6. The Morgan fingerprint density at radius 1 is 1.21 bits per heavy atom. The Hall–Kier alpha value is -3.35. The predicted molar refractivity (Wildman–Crippen MR) is 116 cm³/mol. The van der Waals surface area contributed by atoms with Gasteiger partial charge in [0.1, 0.15) is 5.60 Å². The summed E-state index contributed by atoms with van der Waals surface area (Å²) in [5, 5.41) is 12.9. The molecule has 7 heteroatoms. The van der Waals surface area contributed by atoms with Crippen molar-refractivity contribution in [2.24, 2.45) is 5.73 Å². The van der Waals surface area contributed by atoms with Crippen LogP contribution >= 0.6 is 0 Å². The fourth-order valence-electron chi connectivity index (χ4n) is 3.03. The third-order valence-corrected chi connectivity index (χ3v) is 4.17. The fourth-order valence-corrected chi connectivity index (χ4v) is 3.03. The maximum Gasteiger partial charge on any atom is 0.306 e. The van der Waals surface area contributed by atoms with Crippen LogP contribution in [-0.4, -0.2) is 23.9 Å². The monoisotopic (exact) mass is 396 g/mol. The molecule has 1 amide bonds. The number of rotatable bonds is 7. The molecule has 0 radical (unpaired) electrons. The summed E-state index contributed by atoms with van der Waals surface area (Å²) in [6.45, 7) is 7.42. The van der Waals surface area contributed by atoms with Gasteiger partial charge in [0.15, 0.2) is 5.96 Å². The van der Waals surface area contributed by atoms with Gasteiger partial charge in [0, 0.05) is 11.4 Å². The molecule has 0 bridgehead atoms. The van der Waals surface area contributed by atoms with Crippen LogP contribution in [0.4, 0.5) is 11.4 Å². The smallest absolute Gasteiger partial charge is 0.306 e. The van der Waals surface area contributed by atoms with Crippen molar-refractivity contribution in [1.29, 1.82) is 5.41 Å². The first kappa shape index (κ1) is 21.9. The number of hydrogen-bond donors (Lipinski definition) is 4. The number of guanidine groups is 1. The number of amides is 1. The lowest BCUT2D eigenvalue weighted by Gasteiger charge is -2.22. The summed E-state index contributed by atoms with van der Waals surface area (Å²) in [7, 11) is 0. The second-order valence-electron chi connectivity index (χ2n) is 7.88. The number of carbonyl (C=O) groups excluding carboxylic acids is 2. The van der Waals surface area contributed by atoms with Crippen molar-refractivity contribution >= 4 is 29.7 Å². The third kappa shape index (κ3) is 6.64. The molecule has 0 spiro atoms. The quantitative estimate of drug-likeness (QED) is 0.244. The van der Waals surface area contributed by atoms with Crippen LogP contribution in [0.1, 0.15) is 45.6 Å². The molecule has 1 atom stereocenters. The maximum absolute atomic E-state index is 12.2. The van der Waals surface area contributed by atoms with E-state index in [-0.39, 0.29) is 24.3 Å². The fraction of sp³-hybridized carbons (Fsp3) is 0.318. The molecule has 154 valence electrons. The van der Waals surface area contributed by atoms with Gasteiger partial charge in [-0.15, -0.1) is 0 Å². The molecule has 7 nitrogen and oxygen atoms in total. The van der Waals surface area contributed by atoms with Crippen molar-refractivity contribution < 1.29 is 14.3 Å². The molecule has 0 saturated carbocycles. The van der Waals surface area contributed by atoms with Crippen molar-refractivity contribution in [3.8, 4) is 11.1 Å². The molecular weight excluding hydrogens is 368 g/mol. The van der Waals surface area contributed by atoms with Crippen LogP contribution in [0.5, 0.6) is 0 Å². The van der Waals surface area contributed by atoms with Gasteiger partial charge in [-0.05, 0) is 61.6 Å². The van der Waals surface area contributed by atoms with Gasteiger partial charge in [0.25, 0.3) is 0 Å². The van der Waals surface area contributed by atoms with Crippen molar-refractivity contribution in [3.63, 3.8) is 0 Å². The maximum atomic E-state index is 12.2. The van der Waals surface area contributed by atoms with Crippen molar-refractivity contribution in [1.82, 2.24) is 0 Å². The topological polar surface area (TPSA) is 117 Å². The summed E-state index contributed by atoms with van der Waals surface area (Å²) in [5.41, 5.74) is 8.82. The molecule has 0 fully saturated rings. The summed E-state index contributed by atoms with van der Waals surface area (Å²) in [4.78, 5) is 23.3. The van der Waals surface area contributed by atoms with E-state index in [1.54, 1.807) is 0 Å². The zero-order valence-corrected chi connectivity index (χ0v) is 17.2. The number of esters is 1. The second kappa shape index (κ2) is 9.23. The molecule has 0 heterocycles. The average molecular weight is 396 g/mol. The Kier molecular flexibility index (Phi) is 6.98. The Bertz CT molecular complexity index is 903. The number of hydrogen-bond acceptors (Lipinski definition) is 4. The third-order valence-electron chi connectivity index (χ3n) is 4.17. The van der Waals surface area contributed by atoms with Gasteiger partial charge in [-0.1, -0.05) is 31.2 Å². The molecule has 29 heavy (non-hydrogen) atoms. The molecule has 0 saturated heterocycles. The van der Waals surface area contributed by atoms with E-state index in [1.807, 2.05) is 70.2 Å². The minimum Gasteiger partial charge on any atom is -0.460 e. The summed E-state index contributed by atoms with van der Waals surface area (Å²) in [5.74, 6) is -0.557.